The number of hydrogen-bond donors (Lipinski definition) is 1. The van der Waals surface area contributed by atoms with E-state index < -0.39 is 0 Å². The molecule has 3 heteroatoms. The average molecular weight is 626 g/mol. The van der Waals surface area contributed by atoms with Crippen LogP contribution in [0, 0.1) is 6.92 Å². The van der Waals surface area contributed by atoms with E-state index in [1.807, 2.05) is 6.08 Å². The van der Waals surface area contributed by atoms with E-state index in [-0.39, 0.29) is 5.41 Å². The molecule has 0 unspecified atom stereocenters. The number of aliphatic imine (C=N–C) groups is 1. The lowest BCUT2D eigenvalue weighted by molar-refractivity contribution is 0.590. The van der Waals surface area contributed by atoms with Gasteiger partial charge in [-0.2, -0.15) is 0 Å². The Morgan fingerprint density at radius 2 is 1.44 bits per heavy atom. The van der Waals surface area contributed by atoms with E-state index >= 15 is 0 Å². The number of anilines is 2. The summed E-state index contributed by atoms with van der Waals surface area (Å²) in [5.74, 6) is 0. The summed E-state index contributed by atoms with van der Waals surface area (Å²) < 4.78 is 2.52. The van der Waals surface area contributed by atoms with Gasteiger partial charge < -0.3 is 9.88 Å². The Morgan fingerprint density at radius 3 is 2.17 bits per heavy atom. The van der Waals surface area contributed by atoms with Crippen molar-refractivity contribution in [2.75, 3.05) is 5.32 Å². The lowest BCUT2D eigenvalue weighted by Crippen LogP contribution is -2.17. The van der Waals surface area contributed by atoms with Crippen LogP contribution in [0.15, 0.2) is 114 Å². The van der Waals surface area contributed by atoms with Gasteiger partial charge in [0, 0.05) is 40.4 Å². The standard InChI is InChI=1S/C45H43N3/c1-29-27-32-13-14-33-28-39-36-11-7-8-12-40(36)48(26-10-6-9-25-46-5)44(39)38-24-23-37(41(32)42(33)38)43(29)47-35-21-17-31(18-22-35)30-15-19-34(20-16-30)45(2,3)4/h6-12,15-22,25,27-28,47H,5,13-14,23-24,26H2,1-4H3/b10-6-,25-9-. The molecule has 48 heavy (non-hydrogen) atoms. The Balaban J connectivity index is 1.19. The van der Waals surface area contributed by atoms with Gasteiger partial charge in [0.1, 0.15) is 0 Å². The second-order valence-electron chi connectivity index (χ2n) is 14.5. The van der Waals surface area contributed by atoms with Crippen molar-refractivity contribution in [1.29, 1.82) is 0 Å². The Bertz CT molecular complexity index is 2270. The number of nitrogens with one attached hydrogen (secondary N) is 1. The topological polar surface area (TPSA) is 29.3 Å². The van der Waals surface area contributed by atoms with E-state index in [0.717, 1.165) is 37.9 Å². The van der Waals surface area contributed by atoms with Crippen LogP contribution in [0.4, 0.5) is 11.4 Å². The van der Waals surface area contributed by atoms with Crippen molar-refractivity contribution in [3.05, 3.63) is 143 Å². The summed E-state index contributed by atoms with van der Waals surface area (Å²) in [5, 5.41) is 6.63. The Hall–Kier alpha value is -5.15. The molecule has 0 atom stereocenters. The maximum Gasteiger partial charge on any atom is 0.0533 e. The first-order chi connectivity index (χ1) is 23.3. The molecule has 0 radical (unpaired) electrons. The van der Waals surface area contributed by atoms with E-state index in [9.17, 15) is 0 Å². The van der Waals surface area contributed by atoms with Crippen molar-refractivity contribution in [1.82, 2.24) is 4.57 Å². The number of benzene rings is 5. The molecule has 2 aliphatic rings. The van der Waals surface area contributed by atoms with Crippen LogP contribution < -0.4 is 5.32 Å². The minimum atomic E-state index is 0.156. The van der Waals surface area contributed by atoms with Gasteiger partial charge in [-0.3, -0.25) is 4.99 Å². The van der Waals surface area contributed by atoms with Gasteiger partial charge in [0.25, 0.3) is 0 Å². The molecule has 8 rings (SSSR count). The molecule has 1 aromatic heterocycles. The predicted octanol–water partition coefficient (Wildman–Crippen LogP) is 11.4. The SMILES string of the molecule is C=N/C=C\C=C/Cn1c2ccccc2c2cc3c4c(c21)CCc1c(Nc2ccc(-c5ccc(C(C)(C)C)cc5)cc2)c(C)cc(c1-4)CC3. The number of hydrogen-bond acceptors (Lipinski definition) is 2. The first-order valence-electron chi connectivity index (χ1n) is 17.3. The molecule has 0 bridgehead atoms. The lowest BCUT2D eigenvalue weighted by Gasteiger charge is -2.33. The third kappa shape index (κ3) is 5.09. The summed E-state index contributed by atoms with van der Waals surface area (Å²) >= 11 is 0. The molecule has 0 saturated heterocycles. The van der Waals surface area contributed by atoms with Crippen LogP contribution in [-0.4, -0.2) is 11.3 Å². The second-order valence-corrected chi connectivity index (χ2v) is 14.5. The number of allylic oxidation sites excluding steroid dienone is 3. The second kappa shape index (κ2) is 11.8. The van der Waals surface area contributed by atoms with Crippen molar-refractivity contribution in [3.63, 3.8) is 0 Å². The van der Waals surface area contributed by atoms with E-state index in [0.29, 0.717) is 0 Å². The van der Waals surface area contributed by atoms with E-state index in [4.69, 9.17) is 0 Å². The molecule has 238 valence electrons. The number of aromatic nitrogens is 1. The van der Waals surface area contributed by atoms with Crippen molar-refractivity contribution < 1.29 is 0 Å². The third-order valence-electron chi connectivity index (χ3n) is 10.5. The smallest absolute Gasteiger partial charge is 0.0533 e. The zero-order valence-corrected chi connectivity index (χ0v) is 28.5. The summed E-state index contributed by atoms with van der Waals surface area (Å²) in [4.78, 5) is 3.84. The summed E-state index contributed by atoms with van der Waals surface area (Å²) in [5.41, 5.74) is 19.4. The number of aryl methyl sites for hydroxylation is 4. The number of para-hydroxylation sites is 1. The Kier molecular flexibility index (Phi) is 7.44. The van der Waals surface area contributed by atoms with Crippen molar-refractivity contribution in [2.24, 2.45) is 4.99 Å². The Labute approximate surface area is 284 Å². The molecule has 0 spiro atoms. The highest BCUT2D eigenvalue weighted by atomic mass is 15.0. The van der Waals surface area contributed by atoms with Gasteiger partial charge in [-0.05, 0) is 131 Å². The van der Waals surface area contributed by atoms with Gasteiger partial charge in [0.2, 0.25) is 0 Å². The molecule has 6 aromatic rings. The summed E-state index contributed by atoms with van der Waals surface area (Å²) in [7, 11) is 0. The largest absolute Gasteiger partial charge is 0.355 e. The van der Waals surface area contributed by atoms with Gasteiger partial charge in [-0.1, -0.05) is 93.6 Å². The van der Waals surface area contributed by atoms with Crippen LogP contribution in [0.3, 0.4) is 0 Å². The quantitative estimate of drug-likeness (QED) is 0.139. The summed E-state index contributed by atoms with van der Waals surface area (Å²) in [6, 6.07) is 31.8. The summed E-state index contributed by atoms with van der Waals surface area (Å²) in [6.07, 6.45) is 12.2. The van der Waals surface area contributed by atoms with Gasteiger partial charge >= 0.3 is 0 Å². The first-order valence-corrected chi connectivity index (χ1v) is 17.3. The monoisotopic (exact) mass is 625 g/mol. The molecule has 0 fully saturated rings. The van der Waals surface area contributed by atoms with Gasteiger partial charge in [-0.25, -0.2) is 0 Å². The number of rotatable bonds is 7. The van der Waals surface area contributed by atoms with E-state index in [2.05, 4.69) is 146 Å². The number of fused-ring (bicyclic) bond motifs is 4. The molecule has 5 aromatic carbocycles. The fraction of sp³-hybridized carbons (Fsp3) is 0.222. The van der Waals surface area contributed by atoms with Crippen LogP contribution >= 0.6 is 0 Å². The lowest BCUT2D eigenvalue weighted by atomic mass is 9.73. The maximum absolute atomic E-state index is 3.89. The van der Waals surface area contributed by atoms with Crippen LogP contribution in [0.5, 0.6) is 0 Å². The van der Waals surface area contributed by atoms with Crippen molar-refractivity contribution in [3.8, 4) is 22.3 Å². The molecule has 1 heterocycles. The van der Waals surface area contributed by atoms with Crippen LogP contribution in [0.1, 0.15) is 54.2 Å². The van der Waals surface area contributed by atoms with Crippen LogP contribution in [-0.2, 0) is 37.6 Å². The molecule has 3 nitrogen and oxygen atoms in total. The average Bonchev–Trinajstić information content (AvgIpc) is 3.41. The Morgan fingerprint density at radius 1 is 0.771 bits per heavy atom. The van der Waals surface area contributed by atoms with Crippen molar-refractivity contribution in [2.45, 2.75) is 65.3 Å². The highest BCUT2D eigenvalue weighted by Crippen LogP contribution is 2.50. The first kappa shape index (κ1) is 30.2. The zero-order valence-electron chi connectivity index (χ0n) is 28.5. The molecular formula is C45H43N3. The van der Waals surface area contributed by atoms with Gasteiger partial charge in [0.15, 0.2) is 0 Å². The predicted molar refractivity (Wildman–Crippen MR) is 206 cm³/mol. The minimum absolute atomic E-state index is 0.156. The van der Waals surface area contributed by atoms with Crippen molar-refractivity contribution >= 4 is 39.9 Å². The molecule has 1 N–H and O–H groups in total. The minimum Gasteiger partial charge on any atom is -0.355 e. The molecule has 0 aliphatic heterocycles. The fourth-order valence-electron chi connectivity index (χ4n) is 8.12. The van der Waals surface area contributed by atoms with Gasteiger partial charge in [-0.15, -0.1) is 0 Å². The van der Waals surface area contributed by atoms with Crippen LogP contribution in [0.25, 0.3) is 44.1 Å². The molecule has 0 amide bonds. The number of nitrogens with zero attached hydrogens (tertiary/aromatic N) is 2. The fourth-order valence-corrected chi connectivity index (χ4v) is 8.12. The normalized spacial score (nSPS) is 13.9. The highest BCUT2D eigenvalue weighted by Gasteiger charge is 2.31. The third-order valence-corrected chi connectivity index (χ3v) is 10.5. The molecular weight excluding hydrogens is 583 g/mol. The maximum atomic E-state index is 3.89. The van der Waals surface area contributed by atoms with E-state index in [1.165, 1.54) is 83.1 Å². The van der Waals surface area contributed by atoms with Gasteiger partial charge in [0.05, 0.1) is 5.52 Å². The molecule has 0 saturated carbocycles. The molecule has 2 aliphatic carbocycles. The van der Waals surface area contributed by atoms with E-state index in [1.54, 1.807) is 6.20 Å². The zero-order chi connectivity index (χ0) is 33.0. The summed E-state index contributed by atoms with van der Waals surface area (Å²) in [6.45, 7) is 13.4. The highest BCUT2D eigenvalue weighted by molar-refractivity contribution is 6.12. The van der Waals surface area contributed by atoms with Crippen LogP contribution in [0.2, 0.25) is 0 Å².